The van der Waals surface area contributed by atoms with E-state index in [4.69, 9.17) is 5.73 Å². The van der Waals surface area contributed by atoms with E-state index in [-0.39, 0.29) is 11.9 Å². The Bertz CT molecular complexity index is 458. The van der Waals surface area contributed by atoms with E-state index < -0.39 is 0 Å². The normalized spacial score (nSPS) is 15.9. The number of benzene rings is 1. The maximum Gasteiger partial charge on any atom is 0.223 e. The molecule has 2 rings (SSSR count). The van der Waals surface area contributed by atoms with Gasteiger partial charge in [-0.05, 0) is 44.2 Å². The van der Waals surface area contributed by atoms with Crippen LogP contribution in [0.2, 0.25) is 0 Å². The van der Waals surface area contributed by atoms with Crippen molar-refractivity contribution in [1.82, 2.24) is 4.90 Å². The van der Waals surface area contributed by atoms with Gasteiger partial charge in [-0.2, -0.15) is 0 Å². The third-order valence-electron chi connectivity index (χ3n) is 3.66. The summed E-state index contributed by atoms with van der Waals surface area (Å²) in [5, 5.41) is 0. The Labute approximate surface area is 129 Å². The first-order valence-electron chi connectivity index (χ1n) is 7.36. The van der Waals surface area contributed by atoms with E-state index in [1.807, 2.05) is 30.0 Å². The SMILES string of the molecule is CC(N)CCCC(=O)N(Cc1ccccc1Br)C1CC1. The van der Waals surface area contributed by atoms with Gasteiger partial charge in [-0.15, -0.1) is 0 Å². The van der Waals surface area contributed by atoms with Gasteiger partial charge >= 0.3 is 0 Å². The molecule has 0 heterocycles. The van der Waals surface area contributed by atoms with Crippen LogP contribution in [-0.2, 0) is 11.3 Å². The van der Waals surface area contributed by atoms with E-state index in [0.717, 1.165) is 30.2 Å². The highest BCUT2D eigenvalue weighted by atomic mass is 79.9. The average molecular weight is 339 g/mol. The van der Waals surface area contributed by atoms with Crippen molar-refractivity contribution >= 4 is 21.8 Å². The summed E-state index contributed by atoms with van der Waals surface area (Å²) >= 11 is 3.56. The van der Waals surface area contributed by atoms with Gasteiger partial charge < -0.3 is 10.6 Å². The first-order chi connectivity index (χ1) is 9.58. The van der Waals surface area contributed by atoms with Crippen LogP contribution in [0.5, 0.6) is 0 Å². The molecular weight excluding hydrogens is 316 g/mol. The van der Waals surface area contributed by atoms with E-state index in [1.165, 1.54) is 5.56 Å². The molecule has 1 aliphatic rings. The predicted molar refractivity (Wildman–Crippen MR) is 85.2 cm³/mol. The van der Waals surface area contributed by atoms with Crippen LogP contribution in [0.3, 0.4) is 0 Å². The number of hydrogen-bond donors (Lipinski definition) is 1. The fraction of sp³-hybridized carbons (Fsp3) is 0.562. The molecule has 0 bridgehead atoms. The predicted octanol–water partition coefficient (Wildman–Crippen LogP) is 3.46. The van der Waals surface area contributed by atoms with Gasteiger partial charge in [0.1, 0.15) is 0 Å². The number of halogens is 1. The Morgan fingerprint density at radius 3 is 2.75 bits per heavy atom. The number of amides is 1. The molecule has 0 aliphatic heterocycles. The molecule has 1 aromatic rings. The number of rotatable bonds is 7. The molecule has 0 radical (unpaired) electrons. The van der Waals surface area contributed by atoms with Gasteiger partial charge in [0.25, 0.3) is 0 Å². The van der Waals surface area contributed by atoms with Crippen LogP contribution in [0.1, 0.15) is 44.6 Å². The molecular formula is C16H23BrN2O. The van der Waals surface area contributed by atoms with Crippen molar-refractivity contribution in [3.63, 3.8) is 0 Å². The summed E-state index contributed by atoms with van der Waals surface area (Å²) in [5.74, 6) is 0.268. The number of carbonyl (C=O) groups is 1. The largest absolute Gasteiger partial charge is 0.335 e. The second-order valence-electron chi connectivity index (χ2n) is 5.71. The van der Waals surface area contributed by atoms with Crippen molar-refractivity contribution < 1.29 is 4.79 Å². The lowest BCUT2D eigenvalue weighted by molar-refractivity contribution is -0.132. The first-order valence-corrected chi connectivity index (χ1v) is 8.15. The third kappa shape index (κ3) is 4.60. The molecule has 20 heavy (non-hydrogen) atoms. The molecule has 1 amide bonds. The molecule has 110 valence electrons. The van der Waals surface area contributed by atoms with Crippen molar-refractivity contribution in [2.75, 3.05) is 0 Å². The summed E-state index contributed by atoms with van der Waals surface area (Å²) in [5.41, 5.74) is 6.92. The van der Waals surface area contributed by atoms with Gasteiger partial charge in [0.05, 0.1) is 0 Å². The minimum absolute atomic E-state index is 0.181. The standard InChI is InChI=1S/C16H23BrN2O/c1-12(18)5-4-8-16(20)19(14-9-10-14)11-13-6-2-3-7-15(13)17/h2-3,6-7,12,14H,4-5,8-11,18H2,1H3. The van der Waals surface area contributed by atoms with Crippen molar-refractivity contribution in [2.24, 2.45) is 5.73 Å². The molecule has 4 heteroatoms. The van der Waals surface area contributed by atoms with E-state index in [1.54, 1.807) is 0 Å². The van der Waals surface area contributed by atoms with Crippen molar-refractivity contribution in [1.29, 1.82) is 0 Å². The Balaban J connectivity index is 1.93. The first kappa shape index (κ1) is 15.5. The fourth-order valence-corrected chi connectivity index (χ4v) is 2.75. The maximum atomic E-state index is 12.4. The van der Waals surface area contributed by atoms with E-state index in [0.29, 0.717) is 19.0 Å². The average Bonchev–Trinajstić information content (AvgIpc) is 3.21. The Morgan fingerprint density at radius 2 is 2.15 bits per heavy atom. The Morgan fingerprint density at radius 1 is 1.45 bits per heavy atom. The number of carbonyl (C=O) groups excluding carboxylic acids is 1. The molecule has 1 atom stereocenters. The molecule has 0 saturated heterocycles. The molecule has 3 nitrogen and oxygen atoms in total. The lowest BCUT2D eigenvalue weighted by Crippen LogP contribution is -2.32. The van der Waals surface area contributed by atoms with Crippen molar-refractivity contribution in [3.8, 4) is 0 Å². The van der Waals surface area contributed by atoms with Crippen LogP contribution < -0.4 is 5.73 Å². The van der Waals surface area contributed by atoms with Crippen LogP contribution in [0, 0.1) is 0 Å². The fourth-order valence-electron chi connectivity index (χ4n) is 2.34. The highest BCUT2D eigenvalue weighted by Gasteiger charge is 2.32. The molecule has 2 N–H and O–H groups in total. The minimum atomic E-state index is 0.181. The van der Waals surface area contributed by atoms with Gasteiger partial charge in [-0.25, -0.2) is 0 Å². The summed E-state index contributed by atoms with van der Waals surface area (Å²) < 4.78 is 1.08. The van der Waals surface area contributed by atoms with Gasteiger partial charge in [0.15, 0.2) is 0 Å². The zero-order valence-electron chi connectivity index (χ0n) is 12.0. The second kappa shape index (κ2) is 7.23. The zero-order chi connectivity index (χ0) is 14.5. The number of nitrogens with zero attached hydrogens (tertiary/aromatic N) is 1. The third-order valence-corrected chi connectivity index (χ3v) is 4.43. The Kier molecular flexibility index (Phi) is 5.61. The second-order valence-corrected chi connectivity index (χ2v) is 6.57. The molecule has 0 aromatic heterocycles. The topological polar surface area (TPSA) is 46.3 Å². The van der Waals surface area contributed by atoms with E-state index >= 15 is 0 Å². The monoisotopic (exact) mass is 338 g/mol. The van der Waals surface area contributed by atoms with E-state index in [9.17, 15) is 4.79 Å². The van der Waals surface area contributed by atoms with Crippen molar-refractivity contribution in [2.45, 2.75) is 57.7 Å². The van der Waals surface area contributed by atoms with Gasteiger partial charge in [-0.3, -0.25) is 4.79 Å². The summed E-state index contributed by atoms with van der Waals surface area (Å²) in [6.07, 6.45) is 4.70. The van der Waals surface area contributed by atoms with Crippen LogP contribution >= 0.6 is 15.9 Å². The number of nitrogens with two attached hydrogens (primary N) is 1. The van der Waals surface area contributed by atoms with Crippen LogP contribution in [0.4, 0.5) is 0 Å². The van der Waals surface area contributed by atoms with Gasteiger partial charge in [-0.1, -0.05) is 34.1 Å². The molecule has 1 unspecified atom stereocenters. The lowest BCUT2D eigenvalue weighted by atomic mass is 10.1. The summed E-state index contributed by atoms with van der Waals surface area (Å²) in [4.78, 5) is 14.4. The summed E-state index contributed by atoms with van der Waals surface area (Å²) in [6, 6.07) is 8.76. The smallest absolute Gasteiger partial charge is 0.223 e. The van der Waals surface area contributed by atoms with Crippen LogP contribution in [-0.4, -0.2) is 22.9 Å². The van der Waals surface area contributed by atoms with E-state index in [2.05, 4.69) is 22.0 Å². The minimum Gasteiger partial charge on any atom is -0.335 e. The van der Waals surface area contributed by atoms with Crippen molar-refractivity contribution in [3.05, 3.63) is 34.3 Å². The van der Waals surface area contributed by atoms with Crippen LogP contribution in [0.25, 0.3) is 0 Å². The summed E-state index contributed by atoms with van der Waals surface area (Å²) in [6.45, 7) is 2.70. The summed E-state index contributed by atoms with van der Waals surface area (Å²) in [7, 11) is 0. The van der Waals surface area contributed by atoms with Gasteiger partial charge in [0, 0.05) is 29.5 Å². The highest BCUT2D eigenvalue weighted by Crippen LogP contribution is 2.30. The highest BCUT2D eigenvalue weighted by molar-refractivity contribution is 9.10. The Hall–Kier alpha value is -0.870. The maximum absolute atomic E-state index is 12.4. The van der Waals surface area contributed by atoms with Crippen LogP contribution in [0.15, 0.2) is 28.7 Å². The molecule has 0 spiro atoms. The quantitative estimate of drug-likeness (QED) is 0.827. The van der Waals surface area contributed by atoms with Gasteiger partial charge in [0.2, 0.25) is 5.91 Å². The molecule has 1 saturated carbocycles. The zero-order valence-corrected chi connectivity index (χ0v) is 13.6. The molecule has 1 aromatic carbocycles. The molecule has 1 fully saturated rings. The lowest BCUT2D eigenvalue weighted by Gasteiger charge is -2.23. The molecule has 1 aliphatic carbocycles. The number of hydrogen-bond acceptors (Lipinski definition) is 2.